The molecule has 2 rings (SSSR count). The number of carbonyl (C=O) groups is 1. The molecule has 0 radical (unpaired) electrons. The number of ether oxygens (including phenoxy) is 1. The lowest BCUT2D eigenvalue weighted by atomic mass is 10.2. The molecule has 3 atom stereocenters. The largest absolute Gasteiger partial charge is 0.373 e. The second kappa shape index (κ2) is 5.97. The van der Waals surface area contributed by atoms with Gasteiger partial charge in [-0.2, -0.15) is 17.0 Å². The second-order valence-electron chi connectivity index (χ2n) is 5.41. The van der Waals surface area contributed by atoms with Gasteiger partial charge >= 0.3 is 0 Å². The van der Waals surface area contributed by atoms with E-state index in [-0.39, 0.29) is 18.1 Å². The summed E-state index contributed by atoms with van der Waals surface area (Å²) < 4.78 is 33.9. The van der Waals surface area contributed by atoms with Crippen LogP contribution in [-0.4, -0.2) is 67.4 Å². The summed E-state index contributed by atoms with van der Waals surface area (Å²) in [5.41, 5.74) is 0. The Kier molecular flexibility index (Phi) is 4.68. The van der Waals surface area contributed by atoms with Gasteiger partial charge in [-0.3, -0.25) is 4.79 Å². The fourth-order valence-electron chi connectivity index (χ4n) is 2.83. The molecule has 2 fully saturated rings. The summed E-state index contributed by atoms with van der Waals surface area (Å²) in [4.78, 5) is 11.8. The smallest absolute Gasteiger partial charge is 0.282 e. The highest BCUT2D eigenvalue weighted by atomic mass is 32.2. The summed E-state index contributed by atoms with van der Waals surface area (Å²) in [6.45, 7) is 6.90. The number of carbonyl (C=O) groups excluding carboxylic acids is 1. The number of nitrogens with zero attached hydrogens (tertiary/aromatic N) is 2. The molecule has 2 heterocycles. The summed E-state index contributed by atoms with van der Waals surface area (Å²) in [5, 5.41) is 2.72. The zero-order valence-electron chi connectivity index (χ0n) is 12.2. The Morgan fingerprint density at radius 1 is 1.30 bits per heavy atom. The normalized spacial score (nSPS) is 34.0. The first-order chi connectivity index (χ1) is 9.36. The Morgan fingerprint density at radius 3 is 2.45 bits per heavy atom. The second-order valence-corrected chi connectivity index (χ2v) is 7.29. The molecule has 20 heavy (non-hydrogen) atoms. The number of morpholine rings is 1. The molecule has 0 aromatic carbocycles. The lowest BCUT2D eigenvalue weighted by Gasteiger charge is -2.40. The minimum Gasteiger partial charge on any atom is -0.373 e. The van der Waals surface area contributed by atoms with Crippen molar-refractivity contribution < 1.29 is 17.9 Å². The Morgan fingerprint density at radius 2 is 1.90 bits per heavy atom. The van der Waals surface area contributed by atoms with Crippen LogP contribution in [0.25, 0.3) is 0 Å². The molecule has 0 aromatic heterocycles. The zero-order valence-corrected chi connectivity index (χ0v) is 13.0. The zero-order chi connectivity index (χ0) is 14.9. The van der Waals surface area contributed by atoms with Crippen molar-refractivity contribution in [2.24, 2.45) is 0 Å². The van der Waals surface area contributed by atoms with E-state index in [0.29, 0.717) is 32.6 Å². The van der Waals surface area contributed by atoms with E-state index in [0.717, 1.165) is 0 Å². The molecular formula is C12H23N3O4S. The van der Waals surface area contributed by atoms with Crippen LogP contribution in [0, 0.1) is 0 Å². The van der Waals surface area contributed by atoms with Crippen molar-refractivity contribution in [2.45, 2.75) is 45.4 Å². The van der Waals surface area contributed by atoms with Crippen LogP contribution in [0.4, 0.5) is 0 Å². The van der Waals surface area contributed by atoms with Crippen LogP contribution in [0.3, 0.4) is 0 Å². The maximum Gasteiger partial charge on any atom is 0.282 e. The lowest BCUT2D eigenvalue weighted by molar-refractivity contribution is -0.126. The molecule has 1 N–H and O–H groups in total. The van der Waals surface area contributed by atoms with Crippen LogP contribution in [0.15, 0.2) is 0 Å². The number of hydrogen-bond acceptors (Lipinski definition) is 4. The van der Waals surface area contributed by atoms with Crippen molar-refractivity contribution in [3.05, 3.63) is 0 Å². The summed E-state index contributed by atoms with van der Waals surface area (Å²) >= 11 is 0. The van der Waals surface area contributed by atoms with Gasteiger partial charge in [-0.25, -0.2) is 0 Å². The minimum absolute atomic E-state index is 0.132. The van der Waals surface area contributed by atoms with Crippen molar-refractivity contribution >= 4 is 16.1 Å². The lowest BCUT2D eigenvalue weighted by Crippen LogP contribution is -2.61. The van der Waals surface area contributed by atoms with Gasteiger partial charge in [0.15, 0.2) is 0 Å². The number of hydrogen-bond donors (Lipinski definition) is 1. The molecule has 0 bridgehead atoms. The van der Waals surface area contributed by atoms with Gasteiger partial charge in [0, 0.05) is 26.2 Å². The fourth-order valence-corrected chi connectivity index (χ4v) is 4.81. The summed E-state index contributed by atoms with van der Waals surface area (Å²) in [6, 6.07) is -0.609. The van der Waals surface area contributed by atoms with Gasteiger partial charge in [-0.05, 0) is 20.3 Å². The molecule has 0 saturated carbocycles. The Balaban J connectivity index is 2.22. The van der Waals surface area contributed by atoms with Crippen molar-refractivity contribution in [2.75, 3.05) is 26.2 Å². The van der Waals surface area contributed by atoms with E-state index in [1.54, 1.807) is 0 Å². The summed E-state index contributed by atoms with van der Waals surface area (Å²) in [7, 11) is -3.62. The Bertz CT molecular complexity index is 457. The van der Waals surface area contributed by atoms with Crippen molar-refractivity contribution in [1.29, 1.82) is 0 Å². The van der Waals surface area contributed by atoms with Crippen LogP contribution >= 0.6 is 0 Å². The monoisotopic (exact) mass is 305 g/mol. The average molecular weight is 305 g/mol. The van der Waals surface area contributed by atoms with Crippen LogP contribution < -0.4 is 5.32 Å². The summed E-state index contributed by atoms with van der Waals surface area (Å²) in [6.07, 6.45) is 0.208. The molecule has 116 valence electrons. The molecule has 3 unspecified atom stereocenters. The third-order valence-corrected chi connectivity index (χ3v) is 5.66. The predicted molar refractivity (Wildman–Crippen MR) is 74.3 cm³/mol. The van der Waals surface area contributed by atoms with E-state index >= 15 is 0 Å². The third kappa shape index (κ3) is 2.98. The Labute approximate surface area is 120 Å². The molecule has 0 aromatic rings. The van der Waals surface area contributed by atoms with Gasteiger partial charge in [-0.1, -0.05) is 6.92 Å². The average Bonchev–Trinajstić information content (AvgIpc) is 2.37. The molecule has 0 spiro atoms. The number of rotatable bonds is 3. The van der Waals surface area contributed by atoms with Crippen LogP contribution in [0.1, 0.15) is 27.2 Å². The number of piperazine rings is 1. The standard InChI is InChI=1S/C12H23N3O4S/c1-4-11-12(16)13-5-6-15(11)20(17,18)14-7-9(2)19-10(3)8-14/h9-11H,4-8H2,1-3H3,(H,13,16). The molecule has 1 amide bonds. The molecule has 0 aliphatic carbocycles. The van der Waals surface area contributed by atoms with Crippen LogP contribution in [-0.2, 0) is 19.7 Å². The van der Waals surface area contributed by atoms with E-state index in [1.165, 1.54) is 8.61 Å². The Hall–Kier alpha value is -0.700. The van der Waals surface area contributed by atoms with E-state index in [1.807, 2.05) is 20.8 Å². The number of amides is 1. The molecule has 2 saturated heterocycles. The van der Waals surface area contributed by atoms with Crippen molar-refractivity contribution in [3.63, 3.8) is 0 Å². The maximum atomic E-state index is 12.8. The van der Waals surface area contributed by atoms with E-state index in [4.69, 9.17) is 4.74 Å². The van der Waals surface area contributed by atoms with E-state index in [2.05, 4.69) is 5.32 Å². The van der Waals surface area contributed by atoms with Gasteiger partial charge in [0.1, 0.15) is 6.04 Å². The van der Waals surface area contributed by atoms with Crippen molar-refractivity contribution in [1.82, 2.24) is 13.9 Å². The molecule has 2 aliphatic heterocycles. The topological polar surface area (TPSA) is 79.0 Å². The molecule has 7 nitrogen and oxygen atoms in total. The van der Waals surface area contributed by atoms with Gasteiger partial charge in [0.25, 0.3) is 10.2 Å². The highest BCUT2D eigenvalue weighted by Gasteiger charge is 2.41. The molecule has 2 aliphatic rings. The van der Waals surface area contributed by atoms with Crippen LogP contribution in [0.5, 0.6) is 0 Å². The van der Waals surface area contributed by atoms with Gasteiger partial charge < -0.3 is 10.1 Å². The fraction of sp³-hybridized carbons (Fsp3) is 0.917. The highest BCUT2D eigenvalue weighted by molar-refractivity contribution is 7.86. The summed E-state index contributed by atoms with van der Waals surface area (Å²) in [5.74, 6) is -0.211. The quantitative estimate of drug-likeness (QED) is 0.766. The molecule has 8 heteroatoms. The molecular weight excluding hydrogens is 282 g/mol. The SMILES string of the molecule is CCC1C(=O)NCCN1S(=O)(=O)N1CC(C)OC(C)C1. The first-order valence-corrected chi connectivity index (χ1v) is 8.46. The number of nitrogens with one attached hydrogen (secondary N) is 1. The van der Waals surface area contributed by atoms with E-state index < -0.39 is 16.3 Å². The maximum absolute atomic E-state index is 12.8. The minimum atomic E-state index is -3.62. The highest BCUT2D eigenvalue weighted by Crippen LogP contribution is 2.21. The third-order valence-electron chi connectivity index (χ3n) is 3.68. The first kappa shape index (κ1) is 15.7. The predicted octanol–water partition coefficient (Wildman–Crippen LogP) is -0.449. The van der Waals surface area contributed by atoms with Gasteiger partial charge in [0.2, 0.25) is 5.91 Å². The van der Waals surface area contributed by atoms with E-state index in [9.17, 15) is 13.2 Å². The van der Waals surface area contributed by atoms with Crippen LogP contribution in [0.2, 0.25) is 0 Å². The van der Waals surface area contributed by atoms with Gasteiger partial charge in [0.05, 0.1) is 12.2 Å². The first-order valence-electron chi connectivity index (χ1n) is 7.06. The van der Waals surface area contributed by atoms with Crippen molar-refractivity contribution in [3.8, 4) is 0 Å². The van der Waals surface area contributed by atoms with Gasteiger partial charge in [-0.15, -0.1) is 0 Å².